The fraction of sp³-hybridized carbons (Fsp3) is 0.440. The SMILES string of the molecule is Cc1ccc(N2CCOC2=O)cc1C1CC(C)(C)c2cc(C(=O)NS(=O)C3CC3)ccc2N1. The summed E-state index contributed by atoms with van der Waals surface area (Å²) in [5.41, 5.74) is 5.55. The quantitative estimate of drug-likeness (QED) is 0.683. The van der Waals surface area contributed by atoms with Gasteiger partial charge >= 0.3 is 6.09 Å². The van der Waals surface area contributed by atoms with Crippen LogP contribution >= 0.6 is 0 Å². The minimum Gasteiger partial charge on any atom is -0.447 e. The highest BCUT2D eigenvalue weighted by atomic mass is 32.2. The van der Waals surface area contributed by atoms with E-state index in [9.17, 15) is 13.8 Å². The summed E-state index contributed by atoms with van der Waals surface area (Å²) in [6, 6.07) is 11.8. The lowest BCUT2D eigenvalue weighted by molar-refractivity contribution is 0.0982. The van der Waals surface area contributed by atoms with Gasteiger partial charge in [0, 0.05) is 16.9 Å². The minimum absolute atomic E-state index is 0.0631. The molecule has 1 aliphatic carbocycles. The van der Waals surface area contributed by atoms with Crippen LogP contribution in [0.25, 0.3) is 0 Å². The third-order valence-corrected chi connectivity index (χ3v) is 8.25. The second kappa shape index (κ2) is 8.17. The van der Waals surface area contributed by atoms with Gasteiger partial charge in [-0.2, -0.15) is 0 Å². The Morgan fingerprint density at radius 2 is 2.00 bits per heavy atom. The molecule has 174 valence electrons. The van der Waals surface area contributed by atoms with Crippen molar-refractivity contribution in [2.45, 2.75) is 56.7 Å². The largest absolute Gasteiger partial charge is 0.447 e. The van der Waals surface area contributed by atoms with E-state index in [1.54, 1.807) is 11.0 Å². The Bertz CT molecular complexity index is 1160. The number of hydrogen-bond donors (Lipinski definition) is 2. The van der Waals surface area contributed by atoms with E-state index in [2.05, 4.69) is 36.9 Å². The fourth-order valence-corrected chi connectivity index (χ4v) is 5.76. The third kappa shape index (κ3) is 4.24. The number of hydrogen-bond acceptors (Lipinski definition) is 5. The monoisotopic (exact) mass is 467 g/mol. The Morgan fingerprint density at radius 1 is 1.21 bits per heavy atom. The van der Waals surface area contributed by atoms with E-state index >= 15 is 0 Å². The predicted octanol–water partition coefficient (Wildman–Crippen LogP) is 4.34. The summed E-state index contributed by atoms with van der Waals surface area (Å²) in [6.45, 7) is 7.42. The zero-order valence-corrected chi connectivity index (χ0v) is 20.0. The molecule has 5 rings (SSSR count). The van der Waals surface area contributed by atoms with E-state index in [0.29, 0.717) is 18.7 Å². The molecule has 1 saturated carbocycles. The smallest absolute Gasteiger partial charge is 0.414 e. The number of rotatable bonds is 5. The normalized spacial score (nSPS) is 22.2. The molecule has 0 radical (unpaired) electrons. The van der Waals surface area contributed by atoms with Gasteiger partial charge in [0.25, 0.3) is 5.91 Å². The van der Waals surface area contributed by atoms with Gasteiger partial charge in [0.1, 0.15) is 17.6 Å². The first-order valence-electron chi connectivity index (χ1n) is 11.4. The van der Waals surface area contributed by atoms with Crippen LogP contribution in [-0.2, 0) is 21.1 Å². The number of fused-ring (bicyclic) bond motifs is 1. The number of carbonyl (C=O) groups excluding carboxylic acids is 2. The van der Waals surface area contributed by atoms with E-state index in [4.69, 9.17) is 4.74 Å². The van der Waals surface area contributed by atoms with Gasteiger partial charge < -0.3 is 10.1 Å². The lowest BCUT2D eigenvalue weighted by atomic mass is 9.73. The molecular formula is C25H29N3O4S. The lowest BCUT2D eigenvalue weighted by Gasteiger charge is -2.39. The van der Waals surface area contributed by atoms with Crippen molar-refractivity contribution >= 4 is 34.4 Å². The van der Waals surface area contributed by atoms with E-state index in [0.717, 1.165) is 47.3 Å². The van der Waals surface area contributed by atoms with Crippen LogP contribution in [0.5, 0.6) is 0 Å². The van der Waals surface area contributed by atoms with Crippen LogP contribution < -0.4 is 14.9 Å². The Labute approximate surface area is 196 Å². The van der Waals surface area contributed by atoms with Crippen LogP contribution in [0, 0.1) is 6.92 Å². The average molecular weight is 468 g/mol. The van der Waals surface area contributed by atoms with Gasteiger partial charge in [0.2, 0.25) is 0 Å². The molecule has 2 fully saturated rings. The molecule has 0 aromatic heterocycles. The molecule has 3 aliphatic rings. The first-order valence-corrected chi connectivity index (χ1v) is 12.6. The van der Waals surface area contributed by atoms with E-state index in [1.807, 2.05) is 24.3 Å². The van der Waals surface area contributed by atoms with Crippen molar-refractivity contribution in [1.29, 1.82) is 0 Å². The van der Waals surface area contributed by atoms with Crippen LogP contribution in [0.1, 0.15) is 66.2 Å². The molecule has 2 aliphatic heterocycles. The summed E-state index contributed by atoms with van der Waals surface area (Å²) < 4.78 is 19.9. The number of amides is 2. The van der Waals surface area contributed by atoms with Gasteiger partial charge in [-0.25, -0.2) is 9.00 Å². The third-order valence-electron chi connectivity index (χ3n) is 6.79. The summed E-state index contributed by atoms with van der Waals surface area (Å²) in [7, 11) is -1.30. The van der Waals surface area contributed by atoms with Crippen molar-refractivity contribution in [3.63, 3.8) is 0 Å². The zero-order valence-electron chi connectivity index (χ0n) is 19.1. The van der Waals surface area contributed by atoms with Crippen molar-refractivity contribution in [3.05, 3.63) is 58.7 Å². The van der Waals surface area contributed by atoms with Crippen LogP contribution in [-0.4, -0.2) is 34.6 Å². The van der Waals surface area contributed by atoms with Gasteiger partial charge in [0.05, 0.1) is 17.8 Å². The number of nitrogens with zero attached hydrogens (tertiary/aromatic N) is 1. The number of ether oxygens (including phenoxy) is 1. The molecule has 2 unspecified atom stereocenters. The number of cyclic esters (lactones) is 1. The molecular weight excluding hydrogens is 438 g/mol. The Hall–Kier alpha value is -2.87. The number of carbonyl (C=O) groups is 2. The van der Waals surface area contributed by atoms with Gasteiger partial charge in [-0.3, -0.25) is 14.4 Å². The topological polar surface area (TPSA) is 87.7 Å². The Kier molecular flexibility index (Phi) is 5.43. The van der Waals surface area contributed by atoms with Crippen molar-refractivity contribution in [3.8, 4) is 0 Å². The van der Waals surface area contributed by atoms with Gasteiger partial charge in [-0.15, -0.1) is 0 Å². The summed E-state index contributed by atoms with van der Waals surface area (Å²) in [4.78, 5) is 26.4. The second-order valence-electron chi connectivity index (χ2n) is 9.78. The number of aryl methyl sites for hydroxylation is 1. The molecule has 2 atom stereocenters. The highest BCUT2D eigenvalue weighted by molar-refractivity contribution is 7.84. The van der Waals surface area contributed by atoms with Crippen molar-refractivity contribution in [2.24, 2.45) is 0 Å². The molecule has 2 N–H and O–H groups in total. The molecule has 2 amide bonds. The van der Waals surface area contributed by atoms with Crippen LogP contribution in [0.4, 0.5) is 16.2 Å². The van der Waals surface area contributed by atoms with Crippen LogP contribution in [0.2, 0.25) is 0 Å². The molecule has 1 saturated heterocycles. The zero-order chi connectivity index (χ0) is 23.3. The highest BCUT2D eigenvalue weighted by Gasteiger charge is 2.36. The highest BCUT2D eigenvalue weighted by Crippen LogP contribution is 2.45. The second-order valence-corrected chi connectivity index (χ2v) is 11.2. The maximum atomic E-state index is 12.6. The first-order chi connectivity index (χ1) is 15.7. The van der Waals surface area contributed by atoms with Gasteiger partial charge in [-0.1, -0.05) is 19.9 Å². The van der Waals surface area contributed by atoms with Crippen LogP contribution in [0.3, 0.4) is 0 Å². The summed E-state index contributed by atoms with van der Waals surface area (Å²) >= 11 is 0. The standard InChI is InChI=1S/C25H29N3O4S/c1-15-4-6-17(28-10-11-32-24(28)30)13-19(15)22-14-25(2,3)20-12-16(5-9-21(20)26-22)23(29)27-33(31)18-7-8-18/h4-6,9,12-13,18,22,26H,7-8,10-11,14H2,1-3H3,(H,27,29). The summed E-state index contributed by atoms with van der Waals surface area (Å²) in [6.07, 6.45) is 2.35. The minimum atomic E-state index is -1.30. The summed E-state index contributed by atoms with van der Waals surface area (Å²) in [5, 5.41) is 3.75. The molecule has 7 nitrogen and oxygen atoms in total. The lowest BCUT2D eigenvalue weighted by Crippen LogP contribution is -2.33. The average Bonchev–Trinajstić information content (AvgIpc) is 3.54. The molecule has 2 heterocycles. The maximum Gasteiger partial charge on any atom is 0.414 e. The Morgan fingerprint density at radius 3 is 2.70 bits per heavy atom. The molecule has 0 spiro atoms. The maximum absolute atomic E-state index is 12.6. The van der Waals surface area contributed by atoms with Crippen molar-refractivity contribution in [2.75, 3.05) is 23.4 Å². The van der Waals surface area contributed by atoms with E-state index in [-0.39, 0.29) is 28.7 Å². The van der Waals surface area contributed by atoms with E-state index in [1.165, 1.54) is 0 Å². The van der Waals surface area contributed by atoms with Gasteiger partial charge in [-0.05, 0) is 78.6 Å². The molecule has 2 aromatic rings. The van der Waals surface area contributed by atoms with E-state index < -0.39 is 11.0 Å². The van der Waals surface area contributed by atoms with Crippen LogP contribution in [0.15, 0.2) is 36.4 Å². The molecule has 33 heavy (non-hydrogen) atoms. The number of benzene rings is 2. The Balaban J connectivity index is 1.41. The summed E-state index contributed by atoms with van der Waals surface area (Å²) in [5.74, 6) is -0.290. The van der Waals surface area contributed by atoms with Gasteiger partial charge in [0.15, 0.2) is 0 Å². The first kappa shape index (κ1) is 21.9. The number of nitrogens with one attached hydrogen (secondary N) is 2. The molecule has 8 heteroatoms. The van der Waals surface area contributed by atoms with Crippen molar-refractivity contribution in [1.82, 2.24) is 4.72 Å². The molecule has 2 aromatic carbocycles. The van der Waals surface area contributed by atoms with Crippen molar-refractivity contribution < 1.29 is 18.5 Å². The fourth-order valence-electron chi connectivity index (χ4n) is 4.73. The molecule has 0 bridgehead atoms. The number of anilines is 2. The predicted molar refractivity (Wildman–Crippen MR) is 129 cm³/mol.